The Kier molecular flexibility index (Phi) is 5.75. The lowest BCUT2D eigenvalue weighted by Gasteiger charge is -2.36. The zero-order chi connectivity index (χ0) is 15.4. The molecule has 1 saturated heterocycles. The van der Waals surface area contributed by atoms with Crippen molar-refractivity contribution in [3.05, 3.63) is 21.9 Å². The van der Waals surface area contributed by atoms with Gasteiger partial charge in [-0.25, -0.2) is 0 Å². The molecule has 118 valence electrons. The second-order valence-corrected chi connectivity index (χ2v) is 7.09. The minimum atomic E-state index is -0.583. The van der Waals surface area contributed by atoms with Gasteiger partial charge in [-0.3, -0.25) is 4.79 Å². The third-order valence-electron chi connectivity index (χ3n) is 3.92. The highest BCUT2D eigenvalue weighted by Crippen LogP contribution is 2.22. The topological polar surface area (TPSA) is 64.0 Å². The maximum atomic E-state index is 12.7. The number of likely N-dealkylation sites (tertiary alicyclic amines) is 1. The van der Waals surface area contributed by atoms with Gasteiger partial charge in [0.1, 0.15) is 0 Å². The normalized spacial score (nSPS) is 23.2. The molecule has 0 aromatic carbocycles. The summed E-state index contributed by atoms with van der Waals surface area (Å²) in [6, 6.07) is 4.05. The number of hydrogen-bond acceptors (Lipinski definition) is 5. The Morgan fingerprint density at radius 3 is 2.90 bits per heavy atom. The third-order valence-corrected chi connectivity index (χ3v) is 4.91. The molecule has 2 atom stereocenters. The number of carbonyl (C=O) groups is 1. The van der Waals surface area contributed by atoms with Crippen LogP contribution in [0, 0.1) is 12.8 Å². The average Bonchev–Trinajstić information content (AvgIpc) is 2.86. The first-order valence-electron chi connectivity index (χ1n) is 7.33. The highest BCUT2D eigenvalue weighted by molar-refractivity contribution is 7.11. The molecular formula is C15H24N2O3S. The number of hydrogen-bond donors (Lipinski definition) is 2. The van der Waals surface area contributed by atoms with Gasteiger partial charge in [0, 0.05) is 29.4 Å². The van der Waals surface area contributed by atoms with E-state index in [-0.39, 0.29) is 12.5 Å². The molecule has 2 heterocycles. The quantitative estimate of drug-likeness (QED) is 0.840. The minimum absolute atomic E-state index is 0.0608. The summed E-state index contributed by atoms with van der Waals surface area (Å²) in [5.74, 6) is -0.453. The summed E-state index contributed by atoms with van der Waals surface area (Å²) in [6.45, 7) is 4.18. The molecule has 0 radical (unpaired) electrons. The first-order valence-corrected chi connectivity index (χ1v) is 8.14. The monoisotopic (exact) mass is 312 g/mol. The van der Waals surface area contributed by atoms with E-state index in [2.05, 4.69) is 4.90 Å². The van der Waals surface area contributed by atoms with Crippen molar-refractivity contribution in [3.63, 3.8) is 0 Å². The van der Waals surface area contributed by atoms with Crippen LogP contribution in [0.15, 0.2) is 12.1 Å². The van der Waals surface area contributed by atoms with Crippen LogP contribution in [0.2, 0.25) is 0 Å². The van der Waals surface area contributed by atoms with Crippen LogP contribution in [0.1, 0.15) is 16.2 Å². The molecule has 0 spiro atoms. The Bertz CT molecular complexity index is 477. The average molecular weight is 312 g/mol. The second kappa shape index (κ2) is 7.35. The number of thiophene rings is 1. The predicted octanol–water partition coefficient (Wildman–Crippen LogP) is 0.690. The fourth-order valence-corrected chi connectivity index (χ4v) is 3.63. The SMILES string of the molecule is Cc1ccc(CN(CCO)C(=O)[C@@H]2CN(C)CC[C@@H]2O)s1. The van der Waals surface area contributed by atoms with Crippen molar-refractivity contribution in [1.29, 1.82) is 0 Å². The van der Waals surface area contributed by atoms with Gasteiger partial charge >= 0.3 is 0 Å². The van der Waals surface area contributed by atoms with Gasteiger partial charge in [-0.2, -0.15) is 0 Å². The lowest BCUT2D eigenvalue weighted by atomic mass is 9.93. The summed E-state index contributed by atoms with van der Waals surface area (Å²) in [5, 5.41) is 19.3. The lowest BCUT2D eigenvalue weighted by Crippen LogP contribution is -2.50. The molecule has 1 fully saturated rings. The van der Waals surface area contributed by atoms with Gasteiger partial charge < -0.3 is 20.0 Å². The Balaban J connectivity index is 2.07. The van der Waals surface area contributed by atoms with Crippen LogP contribution in [0.3, 0.4) is 0 Å². The highest BCUT2D eigenvalue weighted by Gasteiger charge is 2.34. The molecule has 1 aromatic rings. The molecule has 5 nitrogen and oxygen atoms in total. The summed E-state index contributed by atoms with van der Waals surface area (Å²) in [6.07, 6.45) is 0.0396. The van der Waals surface area contributed by atoms with Gasteiger partial charge in [-0.05, 0) is 32.5 Å². The van der Waals surface area contributed by atoms with Gasteiger partial charge in [0.15, 0.2) is 0 Å². The molecular weight excluding hydrogens is 288 g/mol. The molecule has 0 bridgehead atoms. The molecule has 6 heteroatoms. The van der Waals surface area contributed by atoms with E-state index in [4.69, 9.17) is 0 Å². The molecule has 2 N–H and O–H groups in total. The van der Waals surface area contributed by atoms with Crippen LogP contribution >= 0.6 is 11.3 Å². The van der Waals surface area contributed by atoms with Gasteiger partial charge in [-0.1, -0.05) is 0 Å². The van der Waals surface area contributed by atoms with Crippen LogP contribution in [0.25, 0.3) is 0 Å². The van der Waals surface area contributed by atoms with Crippen LogP contribution < -0.4 is 0 Å². The van der Waals surface area contributed by atoms with Crippen LogP contribution in [-0.2, 0) is 11.3 Å². The third kappa shape index (κ3) is 4.26. The Morgan fingerprint density at radius 1 is 1.52 bits per heavy atom. The van der Waals surface area contributed by atoms with Crippen molar-refractivity contribution in [3.8, 4) is 0 Å². The first kappa shape index (κ1) is 16.4. The van der Waals surface area contributed by atoms with Crippen molar-refractivity contribution in [1.82, 2.24) is 9.80 Å². The predicted molar refractivity (Wildman–Crippen MR) is 83.2 cm³/mol. The smallest absolute Gasteiger partial charge is 0.230 e. The van der Waals surface area contributed by atoms with Crippen LogP contribution in [0.4, 0.5) is 0 Å². The van der Waals surface area contributed by atoms with Crippen molar-refractivity contribution < 1.29 is 15.0 Å². The standard InChI is InChI=1S/C15H24N2O3S/c1-11-3-4-12(21-11)9-17(7-8-18)15(20)13-10-16(2)6-5-14(13)19/h3-4,13-14,18-19H,5-10H2,1-2H3/t13-,14+/m1/s1. The molecule has 1 aliphatic heterocycles. The van der Waals surface area contributed by atoms with E-state index < -0.39 is 12.0 Å². The number of rotatable bonds is 5. The largest absolute Gasteiger partial charge is 0.395 e. The van der Waals surface area contributed by atoms with Gasteiger partial charge in [0.2, 0.25) is 5.91 Å². The number of aliphatic hydroxyl groups is 2. The lowest BCUT2D eigenvalue weighted by molar-refractivity contribution is -0.143. The molecule has 0 saturated carbocycles. The summed E-state index contributed by atoms with van der Waals surface area (Å²) < 4.78 is 0. The Labute approximate surface area is 129 Å². The van der Waals surface area contributed by atoms with E-state index in [1.54, 1.807) is 16.2 Å². The number of nitrogens with zero attached hydrogens (tertiary/aromatic N) is 2. The minimum Gasteiger partial charge on any atom is -0.395 e. The van der Waals surface area contributed by atoms with Crippen LogP contribution in [0.5, 0.6) is 0 Å². The summed E-state index contributed by atoms with van der Waals surface area (Å²) in [5.41, 5.74) is 0. The van der Waals surface area contributed by atoms with E-state index in [1.165, 1.54) is 4.88 Å². The molecule has 0 aliphatic carbocycles. The number of piperidine rings is 1. The number of aryl methyl sites for hydroxylation is 1. The molecule has 1 aliphatic rings. The molecule has 0 unspecified atom stereocenters. The Hall–Kier alpha value is -0.950. The summed E-state index contributed by atoms with van der Waals surface area (Å²) in [7, 11) is 1.96. The molecule has 21 heavy (non-hydrogen) atoms. The van der Waals surface area contributed by atoms with Crippen molar-refractivity contribution in [2.75, 3.05) is 33.3 Å². The summed E-state index contributed by atoms with van der Waals surface area (Å²) in [4.78, 5) is 18.7. The number of amides is 1. The van der Waals surface area contributed by atoms with E-state index >= 15 is 0 Å². The van der Waals surface area contributed by atoms with E-state index in [0.717, 1.165) is 11.4 Å². The molecule has 1 amide bonds. The van der Waals surface area contributed by atoms with Gasteiger partial charge in [0.05, 0.1) is 25.2 Å². The Morgan fingerprint density at radius 2 is 2.29 bits per heavy atom. The maximum Gasteiger partial charge on any atom is 0.230 e. The summed E-state index contributed by atoms with van der Waals surface area (Å²) >= 11 is 1.66. The zero-order valence-corrected chi connectivity index (χ0v) is 13.5. The number of aliphatic hydroxyl groups excluding tert-OH is 2. The van der Waals surface area contributed by atoms with Gasteiger partial charge in [0.25, 0.3) is 0 Å². The van der Waals surface area contributed by atoms with E-state index in [1.807, 2.05) is 26.1 Å². The van der Waals surface area contributed by atoms with Crippen LogP contribution in [-0.4, -0.2) is 65.3 Å². The maximum absolute atomic E-state index is 12.7. The van der Waals surface area contributed by atoms with Crippen molar-refractivity contribution >= 4 is 17.2 Å². The van der Waals surface area contributed by atoms with E-state index in [0.29, 0.717) is 26.1 Å². The molecule has 2 rings (SSSR count). The highest BCUT2D eigenvalue weighted by atomic mass is 32.1. The van der Waals surface area contributed by atoms with Crippen molar-refractivity contribution in [2.24, 2.45) is 5.92 Å². The first-order chi connectivity index (χ1) is 10.0. The van der Waals surface area contributed by atoms with Gasteiger partial charge in [-0.15, -0.1) is 11.3 Å². The fourth-order valence-electron chi connectivity index (χ4n) is 2.73. The van der Waals surface area contributed by atoms with E-state index in [9.17, 15) is 15.0 Å². The fraction of sp³-hybridized carbons (Fsp3) is 0.667. The van der Waals surface area contributed by atoms with Crippen molar-refractivity contribution in [2.45, 2.75) is 26.0 Å². The second-order valence-electron chi connectivity index (χ2n) is 5.72. The molecule has 1 aromatic heterocycles. The number of carbonyl (C=O) groups excluding carboxylic acids is 1. The zero-order valence-electron chi connectivity index (χ0n) is 12.7.